The van der Waals surface area contributed by atoms with Gasteiger partial charge < -0.3 is 14.6 Å². The maximum absolute atomic E-state index is 10.5. The van der Waals surface area contributed by atoms with E-state index in [-0.39, 0.29) is 12.0 Å². The molecule has 3 heteroatoms. The number of ether oxygens (including phenoxy) is 2. The summed E-state index contributed by atoms with van der Waals surface area (Å²) >= 11 is 0. The van der Waals surface area contributed by atoms with Crippen LogP contribution < -0.4 is 4.74 Å². The molecule has 1 saturated heterocycles. The van der Waals surface area contributed by atoms with E-state index in [4.69, 9.17) is 9.47 Å². The maximum Gasteiger partial charge on any atom is 0.128 e. The fourth-order valence-electron chi connectivity index (χ4n) is 2.97. The van der Waals surface area contributed by atoms with Crippen molar-refractivity contribution in [1.29, 1.82) is 0 Å². The van der Waals surface area contributed by atoms with Crippen molar-refractivity contribution < 1.29 is 14.6 Å². The van der Waals surface area contributed by atoms with Crippen molar-refractivity contribution in [1.82, 2.24) is 0 Å². The fourth-order valence-corrected chi connectivity index (χ4v) is 2.97. The van der Waals surface area contributed by atoms with Gasteiger partial charge in [-0.15, -0.1) is 0 Å². The zero-order valence-electron chi connectivity index (χ0n) is 10.8. The van der Waals surface area contributed by atoms with Gasteiger partial charge in [-0.25, -0.2) is 0 Å². The molecule has 3 nitrogen and oxygen atoms in total. The molecule has 0 amide bonds. The maximum atomic E-state index is 10.5. The van der Waals surface area contributed by atoms with Crippen LogP contribution >= 0.6 is 0 Å². The monoisotopic (exact) mass is 248 g/mol. The molecule has 0 radical (unpaired) electrons. The van der Waals surface area contributed by atoms with Crippen LogP contribution in [0.4, 0.5) is 0 Å². The van der Waals surface area contributed by atoms with Crippen LogP contribution in [0.15, 0.2) is 18.2 Å². The molecule has 3 atom stereocenters. The SMILES string of the molecule is CC1CC(C(O)c2cccc3c2OCCC3)CO1. The number of aliphatic hydroxyl groups excluding tert-OH is 1. The number of fused-ring (bicyclic) bond motifs is 1. The molecule has 0 aromatic heterocycles. The average Bonchev–Trinajstić information content (AvgIpc) is 2.84. The molecule has 0 aliphatic carbocycles. The second-order valence-corrected chi connectivity index (χ2v) is 5.37. The van der Waals surface area contributed by atoms with Crippen LogP contribution in [-0.4, -0.2) is 24.4 Å². The molecular formula is C15H20O3. The minimum absolute atomic E-state index is 0.192. The van der Waals surface area contributed by atoms with Gasteiger partial charge >= 0.3 is 0 Å². The Bertz CT molecular complexity index is 430. The lowest BCUT2D eigenvalue weighted by Crippen LogP contribution is -2.17. The van der Waals surface area contributed by atoms with Crippen molar-refractivity contribution in [2.45, 2.75) is 38.4 Å². The molecule has 1 fully saturated rings. The first-order valence-electron chi connectivity index (χ1n) is 6.80. The summed E-state index contributed by atoms with van der Waals surface area (Å²) in [6.07, 6.45) is 2.82. The average molecular weight is 248 g/mol. The van der Waals surface area contributed by atoms with Crippen LogP contribution in [0.3, 0.4) is 0 Å². The van der Waals surface area contributed by atoms with Gasteiger partial charge in [0.2, 0.25) is 0 Å². The van der Waals surface area contributed by atoms with E-state index in [1.54, 1.807) is 0 Å². The van der Waals surface area contributed by atoms with E-state index >= 15 is 0 Å². The van der Waals surface area contributed by atoms with Gasteiger partial charge in [0.1, 0.15) is 5.75 Å². The van der Waals surface area contributed by atoms with Crippen molar-refractivity contribution in [3.8, 4) is 5.75 Å². The van der Waals surface area contributed by atoms with E-state index in [1.807, 2.05) is 12.1 Å². The molecule has 1 aromatic carbocycles. The highest BCUT2D eigenvalue weighted by atomic mass is 16.5. The molecule has 3 unspecified atom stereocenters. The van der Waals surface area contributed by atoms with Crippen LogP contribution in [0.25, 0.3) is 0 Å². The second-order valence-electron chi connectivity index (χ2n) is 5.37. The Kier molecular flexibility index (Phi) is 3.27. The third kappa shape index (κ3) is 2.13. The molecule has 3 rings (SSSR count). The van der Waals surface area contributed by atoms with E-state index in [0.29, 0.717) is 6.61 Å². The van der Waals surface area contributed by atoms with E-state index in [0.717, 1.165) is 37.2 Å². The summed E-state index contributed by atoms with van der Waals surface area (Å²) in [5.74, 6) is 1.10. The van der Waals surface area contributed by atoms with Crippen molar-refractivity contribution in [3.63, 3.8) is 0 Å². The van der Waals surface area contributed by atoms with Crippen molar-refractivity contribution in [2.75, 3.05) is 13.2 Å². The molecule has 2 aliphatic heterocycles. The minimum atomic E-state index is -0.469. The number of aryl methyl sites for hydroxylation is 1. The molecule has 2 heterocycles. The third-order valence-electron chi connectivity index (χ3n) is 3.96. The van der Waals surface area contributed by atoms with Crippen LogP contribution in [0, 0.1) is 5.92 Å². The summed E-state index contributed by atoms with van der Waals surface area (Å²) in [6, 6.07) is 6.10. The first-order chi connectivity index (χ1) is 8.75. The summed E-state index contributed by atoms with van der Waals surface area (Å²) in [5, 5.41) is 10.5. The lowest BCUT2D eigenvalue weighted by Gasteiger charge is -2.25. The van der Waals surface area contributed by atoms with E-state index < -0.39 is 6.10 Å². The number of para-hydroxylation sites is 1. The van der Waals surface area contributed by atoms with Gasteiger partial charge in [-0.1, -0.05) is 18.2 Å². The summed E-state index contributed by atoms with van der Waals surface area (Å²) in [4.78, 5) is 0. The van der Waals surface area contributed by atoms with E-state index in [1.165, 1.54) is 5.56 Å². The van der Waals surface area contributed by atoms with Gasteiger partial charge in [-0.05, 0) is 31.7 Å². The number of hydrogen-bond acceptors (Lipinski definition) is 3. The Morgan fingerprint density at radius 2 is 2.28 bits per heavy atom. The van der Waals surface area contributed by atoms with E-state index in [2.05, 4.69) is 13.0 Å². The first kappa shape index (κ1) is 12.0. The molecule has 1 N–H and O–H groups in total. The molecular weight excluding hydrogens is 228 g/mol. The Morgan fingerprint density at radius 3 is 3.06 bits per heavy atom. The van der Waals surface area contributed by atoms with Crippen molar-refractivity contribution in [2.24, 2.45) is 5.92 Å². The number of aliphatic hydroxyl groups is 1. The van der Waals surface area contributed by atoms with Crippen LogP contribution in [0.2, 0.25) is 0 Å². The van der Waals surface area contributed by atoms with Crippen LogP contribution in [0.1, 0.15) is 37.0 Å². The highest BCUT2D eigenvalue weighted by molar-refractivity contribution is 5.44. The molecule has 0 saturated carbocycles. The molecule has 1 aromatic rings. The van der Waals surface area contributed by atoms with Gasteiger partial charge in [0.25, 0.3) is 0 Å². The standard InChI is InChI=1S/C15H20O3/c1-10-8-12(9-18-10)14(16)13-6-2-4-11-5-3-7-17-15(11)13/h2,4,6,10,12,14,16H,3,5,7-9H2,1H3. The van der Waals surface area contributed by atoms with Crippen molar-refractivity contribution in [3.05, 3.63) is 29.3 Å². The summed E-state index contributed by atoms with van der Waals surface area (Å²) in [5.41, 5.74) is 2.17. The molecule has 98 valence electrons. The van der Waals surface area contributed by atoms with Crippen LogP contribution in [-0.2, 0) is 11.2 Å². The Hall–Kier alpha value is -1.06. The zero-order valence-corrected chi connectivity index (χ0v) is 10.8. The lowest BCUT2D eigenvalue weighted by atomic mass is 9.90. The molecule has 18 heavy (non-hydrogen) atoms. The summed E-state index contributed by atoms with van der Waals surface area (Å²) < 4.78 is 11.3. The summed E-state index contributed by atoms with van der Waals surface area (Å²) in [6.45, 7) is 3.46. The molecule has 0 bridgehead atoms. The fraction of sp³-hybridized carbons (Fsp3) is 0.600. The third-order valence-corrected chi connectivity index (χ3v) is 3.96. The van der Waals surface area contributed by atoms with Crippen molar-refractivity contribution >= 4 is 0 Å². The Balaban J connectivity index is 1.87. The normalized spacial score (nSPS) is 28.6. The van der Waals surface area contributed by atoms with Gasteiger partial charge in [-0.3, -0.25) is 0 Å². The Morgan fingerprint density at radius 1 is 1.39 bits per heavy atom. The van der Waals surface area contributed by atoms with Gasteiger partial charge in [0, 0.05) is 11.5 Å². The highest BCUT2D eigenvalue weighted by Gasteiger charge is 2.31. The predicted octanol–water partition coefficient (Wildman–Crippen LogP) is 2.47. The predicted molar refractivity (Wildman–Crippen MR) is 68.7 cm³/mol. The first-order valence-corrected chi connectivity index (χ1v) is 6.80. The van der Waals surface area contributed by atoms with Gasteiger partial charge in [-0.2, -0.15) is 0 Å². The smallest absolute Gasteiger partial charge is 0.128 e. The topological polar surface area (TPSA) is 38.7 Å². The van der Waals surface area contributed by atoms with Gasteiger partial charge in [0.05, 0.1) is 25.4 Å². The number of hydrogen-bond donors (Lipinski definition) is 1. The highest BCUT2D eigenvalue weighted by Crippen LogP contribution is 2.39. The van der Waals surface area contributed by atoms with Gasteiger partial charge in [0.15, 0.2) is 0 Å². The largest absolute Gasteiger partial charge is 0.493 e. The zero-order chi connectivity index (χ0) is 12.5. The summed E-state index contributed by atoms with van der Waals surface area (Å²) in [7, 11) is 0. The second kappa shape index (κ2) is 4.90. The number of benzene rings is 1. The Labute approximate surface area is 108 Å². The van der Waals surface area contributed by atoms with Crippen LogP contribution in [0.5, 0.6) is 5.75 Å². The molecule has 2 aliphatic rings. The number of rotatable bonds is 2. The van der Waals surface area contributed by atoms with E-state index in [9.17, 15) is 5.11 Å². The quantitative estimate of drug-likeness (QED) is 0.873. The minimum Gasteiger partial charge on any atom is -0.493 e. The lowest BCUT2D eigenvalue weighted by molar-refractivity contribution is 0.0780. The molecule has 0 spiro atoms.